The zero-order chi connectivity index (χ0) is 15.6. The Bertz CT molecular complexity index is 649. The molecule has 0 bridgehead atoms. The van der Waals surface area contributed by atoms with Crippen LogP contribution < -0.4 is 10.5 Å². The number of sulfonamides is 1. The summed E-state index contributed by atoms with van der Waals surface area (Å²) < 4.78 is 32.7. The van der Waals surface area contributed by atoms with Crippen molar-refractivity contribution in [2.75, 3.05) is 7.11 Å². The van der Waals surface area contributed by atoms with Gasteiger partial charge in [-0.2, -0.15) is 0 Å². The largest absolute Gasteiger partial charge is 0.389 e. The molecule has 1 saturated carbocycles. The SMILES string of the molecule is COC1CCC(NS(=O)(=O)c2ccc(C(N)=S)cc2Cl)C1. The Morgan fingerprint density at radius 3 is 2.71 bits per heavy atom. The first kappa shape index (κ1) is 16.6. The van der Waals surface area contributed by atoms with Crippen LogP contribution in [0.25, 0.3) is 0 Å². The Morgan fingerprint density at radius 2 is 2.19 bits per heavy atom. The molecule has 1 aliphatic rings. The number of hydrogen-bond donors (Lipinski definition) is 2. The molecule has 1 aromatic rings. The first-order chi connectivity index (χ1) is 9.83. The van der Waals surface area contributed by atoms with Crippen LogP contribution >= 0.6 is 23.8 Å². The first-order valence-electron chi connectivity index (χ1n) is 6.48. The molecule has 2 rings (SSSR count). The first-order valence-corrected chi connectivity index (χ1v) is 8.75. The highest BCUT2D eigenvalue weighted by molar-refractivity contribution is 7.89. The van der Waals surface area contributed by atoms with Gasteiger partial charge >= 0.3 is 0 Å². The minimum atomic E-state index is -3.67. The van der Waals surface area contributed by atoms with E-state index in [4.69, 9.17) is 34.3 Å². The van der Waals surface area contributed by atoms with E-state index < -0.39 is 10.0 Å². The number of nitrogens with two attached hydrogens (primary N) is 1. The van der Waals surface area contributed by atoms with E-state index in [2.05, 4.69) is 4.72 Å². The van der Waals surface area contributed by atoms with E-state index in [9.17, 15) is 8.42 Å². The molecule has 1 aromatic carbocycles. The Balaban J connectivity index is 2.18. The fourth-order valence-electron chi connectivity index (χ4n) is 2.42. The van der Waals surface area contributed by atoms with Crippen molar-refractivity contribution in [3.63, 3.8) is 0 Å². The van der Waals surface area contributed by atoms with Crippen LogP contribution in [-0.2, 0) is 14.8 Å². The predicted octanol–water partition coefficient (Wildman–Crippen LogP) is 1.82. The zero-order valence-electron chi connectivity index (χ0n) is 11.5. The van der Waals surface area contributed by atoms with Crippen molar-refractivity contribution in [2.45, 2.75) is 36.3 Å². The quantitative estimate of drug-likeness (QED) is 0.793. The van der Waals surface area contributed by atoms with Crippen LogP contribution in [0.1, 0.15) is 24.8 Å². The van der Waals surface area contributed by atoms with Gasteiger partial charge in [0.1, 0.15) is 9.88 Å². The molecule has 0 amide bonds. The molecule has 0 spiro atoms. The van der Waals surface area contributed by atoms with Gasteiger partial charge in [-0.25, -0.2) is 13.1 Å². The summed E-state index contributed by atoms with van der Waals surface area (Å²) in [5.41, 5.74) is 6.03. The monoisotopic (exact) mass is 348 g/mol. The van der Waals surface area contributed by atoms with E-state index >= 15 is 0 Å². The molecule has 21 heavy (non-hydrogen) atoms. The predicted molar refractivity (Wildman–Crippen MR) is 86.1 cm³/mol. The maximum absolute atomic E-state index is 12.4. The third-order valence-electron chi connectivity index (χ3n) is 3.55. The summed E-state index contributed by atoms with van der Waals surface area (Å²) in [6, 6.07) is 4.30. The highest BCUT2D eigenvalue weighted by atomic mass is 35.5. The van der Waals surface area contributed by atoms with Gasteiger partial charge in [-0.15, -0.1) is 0 Å². The molecule has 3 N–H and O–H groups in total. The lowest BCUT2D eigenvalue weighted by Crippen LogP contribution is -2.33. The van der Waals surface area contributed by atoms with Crippen molar-refractivity contribution in [1.29, 1.82) is 0 Å². The minimum absolute atomic E-state index is 0.0324. The molecular formula is C13H17ClN2O3S2. The minimum Gasteiger partial charge on any atom is -0.389 e. The van der Waals surface area contributed by atoms with E-state index in [1.807, 2.05) is 0 Å². The molecule has 1 fully saturated rings. The van der Waals surface area contributed by atoms with Gasteiger partial charge in [-0.3, -0.25) is 0 Å². The molecule has 0 heterocycles. The normalized spacial score (nSPS) is 22.4. The molecule has 2 atom stereocenters. The maximum Gasteiger partial charge on any atom is 0.242 e. The van der Waals surface area contributed by atoms with Crippen LogP contribution in [0.5, 0.6) is 0 Å². The molecule has 0 saturated heterocycles. The van der Waals surface area contributed by atoms with Crippen LogP contribution in [0.15, 0.2) is 23.1 Å². The molecule has 0 aromatic heterocycles. The third kappa shape index (κ3) is 3.92. The van der Waals surface area contributed by atoms with Gasteiger partial charge in [0.05, 0.1) is 11.1 Å². The lowest BCUT2D eigenvalue weighted by Gasteiger charge is -2.14. The second kappa shape index (κ2) is 6.58. The number of nitrogens with one attached hydrogen (secondary N) is 1. The van der Waals surface area contributed by atoms with Crippen LogP contribution in [-0.4, -0.2) is 32.7 Å². The van der Waals surface area contributed by atoms with Crippen LogP contribution in [0.3, 0.4) is 0 Å². The van der Waals surface area contributed by atoms with Gasteiger partial charge in [0, 0.05) is 18.7 Å². The summed E-state index contributed by atoms with van der Waals surface area (Å²) in [4.78, 5) is 0.206. The molecule has 5 nitrogen and oxygen atoms in total. The Kier molecular flexibility index (Phi) is 5.21. The molecule has 2 unspecified atom stereocenters. The lowest BCUT2D eigenvalue weighted by atomic mass is 10.2. The average molecular weight is 349 g/mol. The number of hydrogen-bond acceptors (Lipinski definition) is 4. The Morgan fingerprint density at radius 1 is 1.48 bits per heavy atom. The number of halogens is 1. The van der Waals surface area contributed by atoms with Crippen molar-refractivity contribution in [3.8, 4) is 0 Å². The van der Waals surface area contributed by atoms with Gasteiger partial charge in [-0.1, -0.05) is 29.9 Å². The van der Waals surface area contributed by atoms with Gasteiger partial charge in [-0.05, 0) is 31.4 Å². The van der Waals surface area contributed by atoms with Gasteiger partial charge in [0.25, 0.3) is 0 Å². The number of benzene rings is 1. The van der Waals surface area contributed by atoms with Crippen LogP contribution in [0.4, 0.5) is 0 Å². The summed E-state index contributed by atoms with van der Waals surface area (Å²) in [5.74, 6) is 0. The Hall–Kier alpha value is -0.730. The van der Waals surface area contributed by atoms with E-state index in [0.29, 0.717) is 12.0 Å². The molecule has 8 heteroatoms. The van der Waals surface area contributed by atoms with E-state index in [1.54, 1.807) is 13.2 Å². The maximum atomic E-state index is 12.4. The summed E-state index contributed by atoms with van der Waals surface area (Å²) in [6.45, 7) is 0. The van der Waals surface area contributed by atoms with Crippen LogP contribution in [0.2, 0.25) is 5.02 Å². The summed E-state index contributed by atoms with van der Waals surface area (Å²) in [7, 11) is -2.04. The fraction of sp³-hybridized carbons (Fsp3) is 0.462. The van der Waals surface area contributed by atoms with Crippen molar-refractivity contribution in [2.24, 2.45) is 5.73 Å². The van der Waals surface area contributed by atoms with E-state index in [-0.39, 0.29) is 27.1 Å². The second-order valence-electron chi connectivity index (χ2n) is 5.00. The topological polar surface area (TPSA) is 81.4 Å². The number of rotatable bonds is 5. The van der Waals surface area contributed by atoms with E-state index in [0.717, 1.165) is 12.8 Å². The molecule has 0 radical (unpaired) electrons. The van der Waals surface area contributed by atoms with Crippen molar-refractivity contribution in [3.05, 3.63) is 28.8 Å². The highest BCUT2D eigenvalue weighted by Gasteiger charge is 2.29. The number of ether oxygens (including phenoxy) is 1. The zero-order valence-corrected chi connectivity index (χ0v) is 13.9. The summed E-state index contributed by atoms with van der Waals surface area (Å²) in [6.07, 6.45) is 2.36. The van der Waals surface area contributed by atoms with Crippen LogP contribution in [0, 0.1) is 0 Å². The Labute approximate surface area is 134 Å². The van der Waals surface area contributed by atoms with Crippen molar-refractivity contribution < 1.29 is 13.2 Å². The average Bonchev–Trinajstić information content (AvgIpc) is 2.85. The molecular weight excluding hydrogens is 332 g/mol. The summed E-state index contributed by atoms with van der Waals surface area (Å²) in [5, 5.41) is 0.106. The fourth-order valence-corrected chi connectivity index (χ4v) is 4.37. The standard InChI is InChI=1S/C13H17ClN2O3S2/c1-19-10-4-3-9(7-10)16-21(17,18)12-5-2-8(13(15)20)6-11(12)14/h2,5-6,9-10,16H,3-4,7H2,1H3,(H2,15,20). The molecule has 116 valence electrons. The summed E-state index contributed by atoms with van der Waals surface area (Å²) >= 11 is 10.9. The number of thiocarbonyl (C=S) groups is 1. The second-order valence-corrected chi connectivity index (χ2v) is 7.53. The highest BCUT2D eigenvalue weighted by Crippen LogP contribution is 2.26. The van der Waals surface area contributed by atoms with Crippen molar-refractivity contribution >= 4 is 38.8 Å². The molecule has 0 aliphatic heterocycles. The third-order valence-corrected chi connectivity index (χ3v) is 5.78. The lowest BCUT2D eigenvalue weighted by molar-refractivity contribution is 0.107. The van der Waals surface area contributed by atoms with Gasteiger partial charge in [0.15, 0.2) is 0 Å². The smallest absolute Gasteiger partial charge is 0.242 e. The number of methoxy groups -OCH3 is 1. The van der Waals surface area contributed by atoms with Gasteiger partial charge in [0.2, 0.25) is 10.0 Å². The van der Waals surface area contributed by atoms with E-state index in [1.165, 1.54) is 12.1 Å². The molecule has 1 aliphatic carbocycles. The van der Waals surface area contributed by atoms with Crippen molar-refractivity contribution in [1.82, 2.24) is 4.72 Å². The van der Waals surface area contributed by atoms with Gasteiger partial charge < -0.3 is 10.5 Å².